The number of carbonyl (C=O) groups excluding carboxylic acids is 1. The van der Waals surface area contributed by atoms with Gasteiger partial charge in [0.1, 0.15) is 11.4 Å². The van der Waals surface area contributed by atoms with Gasteiger partial charge in [-0.1, -0.05) is 0 Å². The quantitative estimate of drug-likeness (QED) is 0.535. The van der Waals surface area contributed by atoms with E-state index in [1.807, 2.05) is 0 Å². The van der Waals surface area contributed by atoms with Crippen LogP contribution < -0.4 is 0 Å². The number of ketones is 1. The zero-order valence-electron chi connectivity index (χ0n) is 6.08. The zero-order valence-corrected chi connectivity index (χ0v) is 6.08. The van der Waals surface area contributed by atoms with Gasteiger partial charge in [-0.15, -0.1) is 0 Å². The highest BCUT2D eigenvalue weighted by molar-refractivity contribution is 5.97. The Kier molecular flexibility index (Phi) is 1.16. The highest BCUT2D eigenvalue weighted by Gasteiger charge is 2.52. The van der Waals surface area contributed by atoms with Crippen LogP contribution in [-0.2, 0) is 4.79 Å². The number of aliphatic hydroxyl groups is 2. The van der Waals surface area contributed by atoms with Gasteiger partial charge in [-0.25, -0.2) is 0 Å². The molecule has 0 heterocycles. The number of allylic oxidation sites excluding steroid dienone is 1. The zero-order chi connectivity index (χ0) is 8.06. The monoisotopic (exact) mass is 154 g/mol. The van der Waals surface area contributed by atoms with Crippen molar-refractivity contribution in [1.82, 2.24) is 0 Å². The molecule has 0 aliphatic heterocycles. The van der Waals surface area contributed by atoms with Crippen LogP contribution in [0.1, 0.15) is 19.3 Å². The Labute approximate surface area is 64.3 Å². The molecule has 0 amide bonds. The number of rotatable bonds is 0. The number of aliphatic hydroxyl groups excluding tert-OH is 1. The van der Waals surface area contributed by atoms with Gasteiger partial charge in [0.15, 0.2) is 5.78 Å². The number of hydrogen-bond donors (Lipinski definition) is 2. The molecule has 0 aromatic rings. The smallest absolute Gasteiger partial charge is 0.165 e. The van der Waals surface area contributed by atoms with Gasteiger partial charge >= 0.3 is 0 Å². The Morgan fingerprint density at radius 3 is 3.00 bits per heavy atom. The number of carbonyl (C=O) groups is 1. The van der Waals surface area contributed by atoms with Crippen LogP contribution in [0.15, 0.2) is 11.8 Å². The van der Waals surface area contributed by atoms with Crippen LogP contribution in [0.2, 0.25) is 0 Å². The molecule has 0 radical (unpaired) electrons. The van der Waals surface area contributed by atoms with E-state index in [0.29, 0.717) is 12.8 Å². The van der Waals surface area contributed by atoms with Crippen molar-refractivity contribution in [3.05, 3.63) is 11.8 Å². The third-order valence-corrected chi connectivity index (χ3v) is 2.69. The molecular formula is C8H10O3. The average Bonchev–Trinajstić information content (AvgIpc) is 2.39. The molecule has 1 fully saturated rings. The van der Waals surface area contributed by atoms with Crippen LogP contribution in [0, 0.1) is 5.92 Å². The Morgan fingerprint density at radius 2 is 2.36 bits per heavy atom. The second-order valence-electron chi connectivity index (χ2n) is 3.30. The molecule has 3 nitrogen and oxygen atoms in total. The van der Waals surface area contributed by atoms with Gasteiger partial charge in [-0.3, -0.25) is 4.79 Å². The molecular weight excluding hydrogens is 144 g/mol. The highest BCUT2D eigenvalue weighted by Crippen LogP contribution is 2.44. The SMILES string of the molecule is O=C1C=C(O)[C@]2(O)CCC[C@H]12. The predicted octanol–water partition coefficient (Wildman–Crippen LogP) is 0.542. The summed E-state index contributed by atoms with van der Waals surface area (Å²) in [6.45, 7) is 0. The van der Waals surface area contributed by atoms with Crippen LogP contribution in [0.4, 0.5) is 0 Å². The van der Waals surface area contributed by atoms with Gasteiger partial charge in [-0.2, -0.15) is 0 Å². The van der Waals surface area contributed by atoms with Crippen molar-refractivity contribution in [3.63, 3.8) is 0 Å². The van der Waals surface area contributed by atoms with E-state index < -0.39 is 5.60 Å². The van der Waals surface area contributed by atoms with Crippen molar-refractivity contribution >= 4 is 5.78 Å². The van der Waals surface area contributed by atoms with Crippen molar-refractivity contribution in [2.75, 3.05) is 0 Å². The minimum absolute atomic E-state index is 0.123. The molecule has 2 N–H and O–H groups in total. The summed E-state index contributed by atoms with van der Waals surface area (Å²) >= 11 is 0. The third-order valence-electron chi connectivity index (χ3n) is 2.69. The largest absolute Gasteiger partial charge is 0.509 e. The molecule has 2 aliphatic rings. The van der Waals surface area contributed by atoms with Gasteiger partial charge < -0.3 is 10.2 Å². The fourth-order valence-electron chi connectivity index (χ4n) is 2.03. The summed E-state index contributed by atoms with van der Waals surface area (Å²) in [4.78, 5) is 11.1. The molecule has 0 saturated heterocycles. The molecule has 0 aromatic heterocycles. The normalized spacial score (nSPS) is 42.5. The highest BCUT2D eigenvalue weighted by atomic mass is 16.3. The van der Waals surface area contributed by atoms with Gasteiger partial charge in [0.05, 0.1) is 5.92 Å². The van der Waals surface area contributed by atoms with E-state index in [0.717, 1.165) is 12.5 Å². The van der Waals surface area contributed by atoms with Gasteiger partial charge in [-0.05, 0) is 19.3 Å². The summed E-state index contributed by atoms with van der Waals surface area (Å²) in [5.41, 5.74) is -1.20. The fraction of sp³-hybridized carbons (Fsp3) is 0.625. The molecule has 2 aliphatic carbocycles. The summed E-state index contributed by atoms with van der Waals surface area (Å²) in [6, 6.07) is 0. The third kappa shape index (κ3) is 0.688. The first-order chi connectivity index (χ1) is 5.14. The summed E-state index contributed by atoms with van der Waals surface area (Å²) in [6.07, 6.45) is 3.20. The van der Waals surface area contributed by atoms with Crippen molar-refractivity contribution in [1.29, 1.82) is 0 Å². The van der Waals surface area contributed by atoms with E-state index in [-0.39, 0.29) is 17.5 Å². The summed E-state index contributed by atoms with van der Waals surface area (Å²) in [5, 5.41) is 19.0. The van der Waals surface area contributed by atoms with Crippen molar-refractivity contribution in [2.24, 2.45) is 5.92 Å². The van der Waals surface area contributed by atoms with E-state index in [2.05, 4.69) is 0 Å². The first-order valence-electron chi connectivity index (χ1n) is 3.82. The predicted molar refractivity (Wildman–Crippen MR) is 38.0 cm³/mol. The van der Waals surface area contributed by atoms with Crippen molar-refractivity contribution < 1.29 is 15.0 Å². The maximum absolute atomic E-state index is 11.1. The van der Waals surface area contributed by atoms with Gasteiger partial charge in [0.25, 0.3) is 0 Å². The van der Waals surface area contributed by atoms with E-state index in [9.17, 15) is 15.0 Å². The first-order valence-corrected chi connectivity index (χ1v) is 3.82. The van der Waals surface area contributed by atoms with Gasteiger partial charge in [0.2, 0.25) is 0 Å². The number of hydrogen-bond acceptors (Lipinski definition) is 3. The first kappa shape index (κ1) is 6.85. The lowest BCUT2D eigenvalue weighted by atomic mass is 9.93. The van der Waals surface area contributed by atoms with E-state index in [4.69, 9.17) is 0 Å². The van der Waals surface area contributed by atoms with Gasteiger partial charge in [0, 0.05) is 6.08 Å². The van der Waals surface area contributed by atoms with E-state index >= 15 is 0 Å². The lowest BCUT2D eigenvalue weighted by Gasteiger charge is -2.21. The topological polar surface area (TPSA) is 57.5 Å². The maximum Gasteiger partial charge on any atom is 0.165 e. The lowest BCUT2D eigenvalue weighted by molar-refractivity contribution is -0.121. The average molecular weight is 154 g/mol. The van der Waals surface area contributed by atoms with Crippen molar-refractivity contribution in [2.45, 2.75) is 24.9 Å². The van der Waals surface area contributed by atoms with Crippen LogP contribution in [0.25, 0.3) is 0 Å². The molecule has 2 rings (SSSR count). The van der Waals surface area contributed by atoms with E-state index in [1.165, 1.54) is 0 Å². The minimum atomic E-state index is -1.20. The molecule has 0 unspecified atom stereocenters. The second kappa shape index (κ2) is 1.85. The van der Waals surface area contributed by atoms with Crippen LogP contribution in [-0.4, -0.2) is 21.6 Å². The Balaban J connectivity index is 2.42. The molecule has 1 saturated carbocycles. The van der Waals surface area contributed by atoms with E-state index in [1.54, 1.807) is 0 Å². The Morgan fingerprint density at radius 1 is 1.64 bits per heavy atom. The molecule has 11 heavy (non-hydrogen) atoms. The number of fused-ring (bicyclic) bond motifs is 1. The standard InChI is InChI=1S/C8H10O3/c9-6-4-7(10)8(11)3-1-2-5(6)8/h4-5,10-11H,1-3H2/t5-,8+/m1/s1. The van der Waals surface area contributed by atoms with Crippen LogP contribution in [0.5, 0.6) is 0 Å². The minimum Gasteiger partial charge on any atom is -0.509 e. The van der Waals surface area contributed by atoms with Crippen LogP contribution >= 0.6 is 0 Å². The summed E-state index contributed by atoms with van der Waals surface area (Å²) in [7, 11) is 0. The molecule has 60 valence electrons. The molecule has 2 atom stereocenters. The fourth-order valence-corrected chi connectivity index (χ4v) is 2.03. The molecule has 0 aromatic carbocycles. The second-order valence-corrected chi connectivity index (χ2v) is 3.30. The molecule has 0 bridgehead atoms. The van der Waals surface area contributed by atoms with Crippen LogP contribution in [0.3, 0.4) is 0 Å². The Bertz CT molecular complexity index is 244. The summed E-state index contributed by atoms with van der Waals surface area (Å²) in [5.74, 6) is -0.616. The Hall–Kier alpha value is -0.830. The molecule has 0 spiro atoms. The lowest BCUT2D eigenvalue weighted by Crippen LogP contribution is -2.33. The molecule has 3 heteroatoms. The maximum atomic E-state index is 11.1. The summed E-state index contributed by atoms with van der Waals surface area (Å²) < 4.78 is 0. The van der Waals surface area contributed by atoms with Crippen molar-refractivity contribution in [3.8, 4) is 0 Å².